The Hall–Kier alpha value is -2.33. The van der Waals surface area contributed by atoms with Gasteiger partial charge in [-0.2, -0.15) is 0 Å². The van der Waals surface area contributed by atoms with E-state index in [-0.39, 0.29) is 11.7 Å². The molecule has 1 aliphatic heterocycles. The van der Waals surface area contributed by atoms with E-state index in [0.717, 1.165) is 0 Å². The van der Waals surface area contributed by atoms with Crippen LogP contribution in [0.4, 0.5) is 5.69 Å². The molecule has 1 aliphatic rings. The average molecular weight is 316 g/mol. The highest BCUT2D eigenvalue weighted by molar-refractivity contribution is 6.31. The van der Waals surface area contributed by atoms with Crippen molar-refractivity contribution < 1.29 is 14.3 Å². The van der Waals surface area contributed by atoms with Crippen LogP contribution in [0.1, 0.15) is 27.6 Å². The van der Waals surface area contributed by atoms with Gasteiger partial charge in [0.1, 0.15) is 6.61 Å². The average Bonchev–Trinajstić information content (AvgIpc) is 2.53. The minimum Gasteiger partial charge on any atom is -0.489 e. The number of carbonyl (C=O) groups excluding carboxylic acids is 2. The van der Waals surface area contributed by atoms with Crippen molar-refractivity contribution in [3.05, 3.63) is 58.6 Å². The number of amides is 1. The number of hydrogen-bond acceptors (Lipinski definition) is 3. The number of rotatable bonds is 2. The lowest BCUT2D eigenvalue weighted by atomic mass is 10.1. The SMILES string of the molecule is CC(=O)c1cc(Cl)cc2c1OCCN2C(=O)c1ccccc1. The second-order valence-corrected chi connectivity index (χ2v) is 5.47. The number of ether oxygens (including phenoxy) is 1. The number of anilines is 1. The third-order valence-corrected chi connectivity index (χ3v) is 3.75. The molecule has 112 valence electrons. The van der Waals surface area contributed by atoms with Crippen LogP contribution in [0, 0.1) is 0 Å². The fourth-order valence-corrected chi connectivity index (χ4v) is 2.71. The molecule has 22 heavy (non-hydrogen) atoms. The van der Waals surface area contributed by atoms with Gasteiger partial charge in [0.2, 0.25) is 0 Å². The van der Waals surface area contributed by atoms with Crippen LogP contribution in [-0.4, -0.2) is 24.8 Å². The van der Waals surface area contributed by atoms with E-state index < -0.39 is 0 Å². The zero-order valence-corrected chi connectivity index (χ0v) is 12.8. The van der Waals surface area contributed by atoms with E-state index >= 15 is 0 Å². The molecule has 0 saturated heterocycles. The molecule has 3 rings (SSSR count). The summed E-state index contributed by atoms with van der Waals surface area (Å²) in [7, 11) is 0. The van der Waals surface area contributed by atoms with Gasteiger partial charge in [-0.1, -0.05) is 29.8 Å². The van der Waals surface area contributed by atoms with Gasteiger partial charge in [-0.3, -0.25) is 9.59 Å². The van der Waals surface area contributed by atoms with Crippen LogP contribution in [0.3, 0.4) is 0 Å². The van der Waals surface area contributed by atoms with Crippen LogP contribution in [0.25, 0.3) is 0 Å². The smallest absolute Gasteiger partial charge is 0.258 e. The predicted octanol–water partition coefficient (Wildman–Crippen LogP) is 3.58. The van der Waals surface area contributed by atoms with Crippen LogP contribution in [0.5, 0.6) is 5.75 Å². The first-order chi connectivity index (χ1) is 10.6. The van der Waals surface area contributed by atoms with Crippen LogP contribution in [0.15, 0.2) is 42.5 Å². The maximum absolute atomic E-state index is 12.7. The fourth-order valence-electron chi connectivity index (χ4n) is 2.50. The number of hydrogen-bond donors (Lipinski definition) is 0. The Morgan fingerprint density at radius 1 is 1.18 bits per heavy atom. The van der Waals surface area contributed by atoms with E-state index in [2.05, 4.69) is 0 Å². The van der Waals surface area contributed by atoms with Gasteiger partial charge in [-0.25, -0.2) is 0 Å². The largest absolute Gasteiger partial charge is 0.489 e. The van der Waals surface area contributed by atoms with Gasteiger partial charge < -0.3 is 9.64 Å². The molecule has 0 bridgehead atoms. The molecular formula is C17H14ClNO3. The van der Waals surface area contributed by atoms with Crippen molar-refractivity contribution in [2.75, 3.05) is 18.1 Å². The molecule has 0 atom stereocenters. The van der Waals surface area contributed by atoms with E-state index in [9.17, 15) is 9.59 Å². The minimum absolute atomic E-state index is 0.137. The first kappa shape index (κ1) is 14.6. The molecule has 0 spiro atoms. The molecule has 0 unspecified atom stereocenters. The number of ketones is 1. The van der Waals surface area contributed by atoms with Crippen LogP contribution >= 0.6 is 11.6 Å². The van der Waals surface area contributed by atoms with Crippen molar-refractivity contribution in [2.45, 2.75) is 6.92 Å². The van der Waals surface area contributed by atoms with Gasteiger partial charge in [-0.15, -0.1) is 0 Å². The molecule has 0 radical (unpaired) electrons. The summed E-state index contributed by atoms with van der Waals surface area (Å²) in [4.78, 5) is 26.1. The Morgan fingerprint density at radius 3 is 2.59 bits per heavy atom. The van der Waals surface area contributed by atoms with Crippen LogP contribution in [0.2, 0.25) is 5.02 Å². The maximum atomic E-state index is 12.7. The molecule has 2 aromatic carbocycles. The molecule has 0 aromatic heterocycles. The number of halogens is 1. The number of Topliss-reactive ketones (excluding diaryl/α,β-unsaturated/α-hetero) is 1. The predicted molar refractivity (Wildman–Crippen MR) is 85.1 cm³/mol. The van der Waals surface area contributed by atoms with Crippen molar-refractivity contribution >= 4 is 29.0 Å². The van der Waals surface area contributed by atoms with Crippen molar-refractivity contribution in [2.24, 2.45) is 0 Å². The van der Waals surface area contributed by atoms with E-state index in [4.69, 9.17) is 16.3 Å². The molecule has 0 fully saturated rings. The summed E-state index contributed by atoms with van der Waals surface area (Å²) in [6.45, 7) is 2.21. The first-order valence-electron chi connectivity index (χ1n) is 6.92. The maximum Gasteiger partial charge on any atom is 0.258 e. The molecular weight excluding hydrogens is 302 g/mol. The lowest BCUT2D eigenvalue weighted by Gasteiger charge is -2.31. The van der Waals surface area contributed by atoms with E-state index in [1.165, 1.54) is 6.92 Å². The van der Waals surface area contributed by atoms with E-state index in [0.29, 0.717) is 40.7 Å². The zero-order valence-electron chi connectivity index (χ0n) is 12.0. The summed E-state index contributed by atoms with van der Waals surface area (Å²) in [6, 6.07) is 12.2. The monoisotopic (exact) mass is 315 g/mol. The van der Waals surface area contributed by atoms with Gasteiger partial charge in [0, 0.05) is 10.6 Å². The van der Waals surface area contributed by atoms with Crippen LogP contribution < -0.4 is 9.64 Å². The summed E-state index contributed by atoms with van der Waals surface area (Å²) in [5, 5.41) is 0.403. The molecule has 0 aliphatic carbocycles. The lowest BCUT2D eigenvalue weighted by Crippen LogP contribution is -2.38. The Kier molecular flexibility index (Phi) is 3.86. The molecule has 2 aromatic rings. The quantitative estimate of drug-likeness (QED) is 0.796. The number of fused-ring (bicyclic) bond motifs is 1. The third-order valence-electron chi connectivity index (χ3n) is 3.53. The van der Waals surface area contributed by atoms with Gasteiger partial charge in [0.05, 0.1) is 17.8 Å². The van der Waals surface area contributed by atoms with Gasteiger partial charge >= 0.3 is 0 Å². The van der Waals surface area contributed by atoms with Gasteiger partial charge in [0.25, 0.3) is 5.91 Å². The Morgan fingerprint density at radius 2 is 1.91 bits per heavy atom. The molecule has 4 nitrogen and oxygen atoms in total. The van der Waals surface area contributed by atoms with Gasteiger partial charge in [-0.05, 0) is 31.2 Å². The number of nitrogens with zero attached hydrogens (tertiary/aromatic N) is 1. The normalized spacial score (nSPS) is 13.3. The Bertz CT molecular complexity index is 743. The fraction of sp³-hybridized carbons (Fsp3) is 0.176. The van der Waals surface area contributed by atoms with Crippen molar-refractivity contribution in [3.63, 3.8) is 0 Å². The second-order valence-electron chi connectivity index (χ2n) is 5.03. The third kappa shape index (κ3) is 2.57. The first-order valence-corrected chi connectivity index (χ1v) is 7.30. The molecule has 5 heteroatoms. The van der Waals surface area contributed by atoms with Gasteiger partial charge in [0.15, 0.2) is 11.5 Å². The van der Waals surface area contributed by atoms with E-state index in [1.54, 1.807) is 29.2 Å². The number of carbonyl (C=O) groups is 2. The molecule has 1 heterocycles. The lowest BCUT2D eigenvalue weighted by molar-refractivity contribution is 0.0968. The topological polar surface area (TPSA) is 46.6 Å². The second kappa shape index (κ2) is 5.81. The minimum atomic E-state index is -0.146. The summed E-state index contributed by atoms with van der Waals surface area (Å²) >= 11 is 6.10. The highest BCUT2D eigenvalue weighted by Crippen LogP contribution is 2.38. The number of benzene rings is 2. The zero-order chi connectivity index (χ0) is 15.7. The summed E-state index contributed by atoms with van der Waals surface area (Å²) in [5.74, 6) is 0.141. The summed E-state index contributed by atoms with van der Waals surface area (Å²) < 4.78 is 5.61. The molecule has 0 saturated carbocycles. The summed E-state index contributed by atoms with van der Waals surface area (Å²) in [5.41, 5.74) is 1.52. The highest BCUT2D eigenvalue weighted by atomic mass is 35.5. The standard InChI is InChI=1S/C17H14ClNO3/c1-11(20)14-9-13(18)10-15-16(14)22-8-7-19(15)17(21)12-5-3-2-4-6-12/h2-6,9-10H,7-8H2,1H3. The highest BCUT2D eigenvalue weighted by Gasteiger charge is 2.28. The van der Waals surface area contributed by atoms with E-state index in [1.807, 2.05) is 18.2 Å². The molecule has 0 N–H and O–H groups in total. The summed E-state index contributed by atoms with van der Waals surface area (Å²) in [6.07, 6.45) is 0. The van der Waals surface area contributed by atoms with Crippen molar-refractivity contribution in [1.29, 1.82) is 0 Å². The molecule has 1 amide bonds. The van der Waals surface area contributed by atoms with Crippen molar-refractivity contribution in [1.82, 2.24) is 0 Å². The van der Waals surface area contributed by atoms with Crippen LogP contribution in [-0.2, 0) is 0 Å². The Balaban J connectivity index is 2.08. The Labute approximate surface area is 133 Å². The van der Waals surface area contributed by atoms with Crippen molar-refractivity contribution in [3.8, 4) is 5.75 Å².